The fourth-order valence-electron chi connectivity index (χ4n) is 1.64. The standard InChI is InChI=1S/C14H10BrN3O4/c15-11-6-5-9(7-12(11)18(21)22)8-16-17-14(20)10-3-1-2-4-13(10)19/h1-8,19H,(H,17,20). The summed E-state index contributed by atoms with van der Waals surface area (Å²) >= 11 is 3.08. The number of nitrogens with one attached hydrogen (secondary N) is 1. The molecule has 0 bridgehead atoms. The molecule has 2 N–H and O–H groups in total. The van der Waals surface area contributed by atoms with E-state index in [1.165, 1.54) is 30.5 Å². The van der Waals surface area contributed by atoms with E-state index in [1.807, 2.05) is 0 Å². The third-order valence-corrected chi connectivity index (χ3v) is 3.37. The van der Waals surface area contributed by atoms with Gasteiger partial charge < -0.3 is 5.11 Å². The topological polar surface area (TPSA) is 105 Å². The number of carbonyl (C=O) groups is 1. The van der Waals surface area contributed by atoms with Gasteiger partial charge in [-0.3, -0.25) is 14.9 Å². The molecule has 0 saturated carbocycles. The Hall–Kier alpha value is -2.74. The van der Waals surface area contributed by atoms with E-state index in [-0.39, 0.29) is 17.0 Å². The van der Waals surface area contributed by atoms with Crippen LogP contribution >= 0.6 is 15.9 Å². The molecule has 0 unspecified atom stereocenters. The van der Waals surface area contributed by atoms with Crippen molar-refractivity contribution in [2.75, 3.05) is 0 Å². The molecular formula is C14H10BrN3O4. The number of nitro groups is 1. The number of phenolic OH excluding ortho intramolecular Hbond substituents is 1. The summed E-state index contributed by atoms with van der Waals surface area (Å²) in [7, 11) is 0. The van der Waals surface area contributed by atoms with Crippen LogP contribution in [-0.2, 0) is 0 Å². The van der Waals surface area contributed by atoms with Crippen LogP contribution in [0.4, 0.5) is 5.69 Å². The van der Waals surface area contributed by atoms with Crippen molar-refractivity contribution in [3.05, 3.63) is 68.2 Å². The SMILES string of the molecule is O=C(NN=Cc1ccc(Br)c([N+](=O)[O-])c1)c1ccccc1O. The lowest BCUT2D eigenvalue weighted by Crippen LogP contribution is -2.17. The number of phenols is 1. The molecule has 0 aromatic heterocycles. The van der Waals surface area contributed by atoms with Gasteiger partial charge in [0.15, 0.2) is 0 Å². The molecule has 0 radical (unpaired) electrons. The van der Waals surface area contributed by atoms with Crippen molar-refractivity contribution in [3.8, 4) is 5.75 Å². The zero-order chi connectivity index (χ0) is 16.1. The first-order valence-electron chi connectivity index (χ1n) is 6.04. The molecule has 112 valence electrons. The summed E-state index contributed by atoms with van der Waals surface area (Å²) in [6.45, 7) is 0. The van der Waals surface area contributed by atoms with Crippen molar-refractivity contribution in [1.29, 1.82) is 0 Å². The average molecular weight is 364 g/mol. The lowest BCUT2D eigenvalue weighted by atomic mass is 10.2. The van der Waals surface area contributed by atoms with E-state index in [2.05, 4.69) is 26.5 Å². The summed E-state index contributed by atoms with van der Waals surface area (Å²) in [5, 5.41) is 24.1. The summed E-state index contributed by atoms with van der Waals surface area (Å²) < 4.78 is 0.355. The fourth-order valence-corrected chi connectivity index (χ4v) is 2.03. The van der Waals surface area contributed by atoms with Gasteiger partial charge in [0.2, 0.25) is 0 Å². The van der Waals surface area contributed by atoms with Crippen LogP contribution in [0.2, 0.25) is 0 Å². The monoisotopic (exact) mass is 363 g/mol. The molecule has 0 saturated heterocycles. The van der Waals surface area contributed by atoms with Gasteiger partial charge in [-0.1, -0.05) is 18.2 Å². The van der Waals surface area contributed by atoms with Crippen LogP contribution in [0.25, 0.3) is 0 Å². The van der Waals surface area contributed by atoms with E-state index in [9.17, 15) is 20.0 Å². The summed E-state index contributed by atoms with van der Waals surface area (Å²) in [6, 6.07) is 10.5. The third kappa shape index (κ3) is 3.67. The smallest absolute Gasteiger partial charge is 0.284 e. The van der Waals surface area contributed by atoms with Gasteiger partial charge in [-0.25, -0.2) is 5.43 Å². The Morgan fingerprint density at radius 3 is 2.73 bits per heavy atom. The maximum absolute atomic E-state index is 11.8. The first-order valence-corrected chi connectivity index (χ1v) is 6.83. The number of para-hydroxylation sites is 1. The maximum atomic E-state index is 11.8. The molecule has 2 rings (SSSR count). The Labute approximate surface area is 133 Å². The van der Waals surface area contributed by atoms with Crippen molar-refractivity contribution < 1.29 is 14.8 Å². The highest BCUT2D eigenvalue weighted by Gasteiger charge is 2.12. The Kier molecular flexibility index (Phi) is 4.84. The molecule has 0 heterocycles. The first-order chi connectivity index (χ1) is 10.5. The fraction of sp³-hybridized carbons (Fsp3) is 0. The molecule has 2 aromatic carbocycles. The van der Waals surface area contributed by atoms with Crippen LogP contribution in [0.1, 0.15) is 15.9 Å². The normalized spacial score (nSPS) is 10.6. The van der Waals surface area contributed by atoms with Crippen molar-refractivity contribution >= 4 is 33.7 Å². The first kappa shape index (κ1) is 15.6. The number of carbonyl (C=O) groups excluding carboxylic acids is 1. The molecule has 22 heavy (non-hydrogen) atoms. The van der Waals surface area contributed by atoms with Gasteiger partial charge in [0.05, 0.1) is 21.2 Å². The molecule has 0 aliphatic rings. The maximum Gasteiger partial charge on any atom is 0.284 e. The number of rotatable bonds is 4. The summed E-state index contributed by atoms with van der Waals surface area (Å²) in [5.74, 6) is -0.740. The van der Waals surface area contributed by atoms with Gasteiger partial charge in [0.25, 0.3) is 11.6 Å². The van der Waals surface area contributed by atoms with E-state index in [1.54, 1.807) is 18.2 Å². The van der Waals surface area contributed by atoms with E-state index < -0.39 is 10.8 Å². The highest BCUT2D eigenvalue weighted by molar-refractivity contribution is 9.10. The van der Waals surface area contributed by atoms with Gasteiger partial charge in [-0.05, 0) is 34.1 Å². The molecule has 0 fully saturated rings. The van der Waals surface area contributed by atoms with Gasteiger partial charge in [0, 0.05) is 11.6 Å². The largest absolute Gasteiger partial charge is 0.507 e. The Balaban J connectivity index is 2.10. The number of nitro benzene ring substituents is 1. The molecular weight excluding hydrogens is 354 g/mol. The number of benzene rings is 2. The van der Waals surface area contributed by atoms with Crippen LogP contribution in [-0.4, -0.2) is 22.2 Å². The molecule has 0 atom stereocenters. The Morgan fingerprint density at radius 2 is 2.05 bits per heavy atom. The molecule has 0 aliphatic heterocycles. The van der Waals surface area contributed by atoms with Crippen molar-refractivity contribution in [1.82, 2.24) is 5.43 Å². The molecule has 0 aliphatic carbocycles. The number of aromatic hydroxyl groups is 1. The molecule has 7 nitrogen and oxygen atoms in total. The molecule has 0 spiro atoms. The van der Waals surface area contributed by atoms with E-state index in [0.717, 1.165) is 0 Å². The minimum absolute atomic E-state index is 0.0847. The van der Waals surface area contributed by atoms with Crippen LogP contribution in [0.3, 0.4) is 0 Å². The predicted molar refractivity (Wildman–Crippen MR) is 84.0 cm³/mol. The molecule has 8 heteroatoms. The minimum Gasteiger partial charge on any atom is -0.507 e. The lowest BCUT2D eigenvalue weighted by Gasteiger charge is -2.02. The summed E-state index contributed by atoms with van der Waals surface area (Å²) in [4.78, 5) is 22.1. The number of amides is 1. The number of hydrogen-bond donors (Lipinski definition) is 2. The molecule has 1 amide bonds. The van der Waals surface area contributed by atoms with Gasteiger partial charge in [-0.2, -0.15) is 5.10 Å². The minimum atomic E-state index is -0.582. The summed E-state index contributed by atoms with van der Waals surface area (Å²) in [6.07, 6.45) is 1.28. The Bertz CT molecular complexity index is 762. The predicted octanol–water partition coefficient (Wildman–Crippen LogP) is 2.83. The van der Waals surface area contributed by atoms with E-state index in [0.29, 0.717) is 10.0 Å². The van der Waals surface area contributed by atoms with Crippen LogP contribution in [0, 0.1) is 10.1 Å². The van der Waals surface area contributed by atoms with Gasteiger partial charge in [0.1, 0.15) is 5.75 Å². The second-order valence-corrected chi connectivity index (χ2v) is 5.04. The number of hydrogen-bond acceptors (Lipinski definition) is 5. The number of nitrogens with zero attached hydrogens (tertiary/aromatic N) is 2. The average Bonchev–Trinajstić information content (AvgIpc) is 2.49. The lowest BCUT2D eigenvalue weighted by molar-refractivity contribution is -0.385. The second-order valence-electron chi connectivity index (χ2n) is 4.18. The van der Waals surface area contributed by atoms with Crippen LogP contribution in [0.5, 0.6) is 5.75 Å². The van der Waals surface area contributed by atoms with Gasteiger partial charge in [-0.15, -0.1) is 0 Å². The second kappa shape index (κ2) is 6.81. The molecule has 2 aromatic rings. The van der Waals surface area contributed by atoms with E-state index >= 15 is 0 Å². The number of halogens is 1. The summed E-state index contributed by atoms with van der Waals surface area (Å²) in [5.41, 5.74) is 2.68. The van der Waals surface area contributed by atoms with E-state index in [4.69, 9.17) is 0 Å². The van der Waals surface area contributed by atoms with Crippen molar-refractivity contribution in [2.24, 2.45) is 5.10 Å². The highest BCUT2D eigenvalue weighted by atomic mass is 79.9. The highest BCUT2D eigenvalue weighted by Crippen LogP contribution is 2.24. The van der Waals surface area contributed by atoms with Crippen molar-refractivity contribution in [2.45, 2.75) is 0 Å². The Morgan fingerprint density at radius 1 is 1.32 bits per heavy atom. The zero-order valence-corrected chi connectivity index (χ0v) is 12.6. The van der Waals surface area contributed by atoms with Crippen molar-refractivity contribution in [3.63, 3.8) is 0 Å². The third-order valence-electron chi connectivity index (χ3n) is 2.70. The van der Waals surface area contributed by atoms with Crippen LogP contribution < -0.4 is 5.43 Å². The zero-order valence-electron chi connectivity index (χ0n) is 11.1. The quantitative estimate of drug-likeness (QED) is 0.494. The van der Waals surface area contributed by atoms with Gasteiger partial charge >= 0.3 is 0 Å². The van der Waals surface area contributed by atoms with Crippen LogP contribution in [0.15, 0.2) is 52.0 Å². The number of hydrazone groups is 1.